The molecule has 1 unspecified atom stereocenters. The first-order valence-electron chi connectivity index (χ1n) is 21.9. The van der Waals surface area contributed by atoms with Crippen molar-refractivity contribution in [2.45, 2.75) is 155 Å². The fraction of sp³-hybridized carbons (Fsp3) is 0.905. The Morgan fingerprint density at radius 1 is 0.500 bits per heavy atom. The molecule has 0 N–H and O–H groups in total. The summed E-state index contributed by atoms with van der Waals surface area (Å²) in [7, 11) is 3.12. The number of carbonyl (C=O) groups excluding carboxylic acids is 4. The van der Waals surface area contributed by atoms with E-state index in [9.17, 15) is 19.2 Å². The van der Waals surface area contributed by atoms with E-state index in [1.807, 2.05) is 11.8 Å². The van der Waals surface area contributed by atoms with E-state index in [0.29, 0.717) is 31.0 Å². The minimum atomic E-state index is -0.530. The summed E-state index contributed by atoms with van der Waals surface area (Å²) in [5.41, 5.74) is 0. The Kier molecular flexibility index (Phi) is 41.5. The van der Waals surface area contributed by atoms with E-state index >= 15 is 0 Å². The van der Waals surface area contributed by atoms with E-state index in [4.69, 9.17) is 18.9 Å². The number of thioether (sulfide) groups is 2. The van der Waals surface area contributed by atoms with Crippen LogP contribution in [-0.4, -0.2) is 127 Å². The van der Waals surface area contributed by atoms with Crippen LogP contribution in [0.4, 0.5) is 4.79 Å². The molecule has 0 aromatic carbocycles. The van der Waals surface area contributed by atoms with Gasteiger partial charge in [0.2, 0.25) is 0 Å². The third-order valence-electron chi connectivity index (χ3n) is 9.12. The molecule has 330 valence electrons. The zero-order chi connectivity index (χ0) is 41.3. The highest BCUT2D eigenvalue weighted by Gasteiger charge is 2.22. The third-order valence-corrected chi connectivity index (χ3v) is 14.1. The average molecular weight is 869 g/mol. The molecule has 0 fully saturated rings. The Bertz CT molecular complexity index is 948. The lowest BCUT2D eigenvalue weighted by molar-refractivity contribution is -0.144. The van der Waals surface area contributed by atoms with Gasteiger partial charge in [0, 0.05) is 30.1 Å². The molecule has 0 aromatic rings. The van der Waals surface area contributed by atoms with Crippen molar-refractivity contribution >= 4 is 69.1 Å². The number of ether oxygens (including phenoxy) is 4. The molecule has 0 saturated carbocycles. The van der Waals surface area contributed by atoms with Crippen LogP contribution < -0.4 is 0 Å². The Morgan fingerprint density at radius 3 is 1.61 bits per heavy atom. The van der Waals surface area contributed by atoms with Crippen LogP contribution in [0.1, 0.15) is 150 Å². The first kappa shape index (κ1) is 55.0. The molecule has 0 spiro atoms. The molecule has 0 radical (unpaired) electrons. The minimum absolute atomic E-state index is 0.0484. The van der Waals surface area contributed by atoms with Crippen molar-refractivity contribution in [2.24, 2.45) is 0 Å². The molecule has 0 aliphatic carbocycles. The van der Waals surface area contributed by atoms with E-state index in [0.717, 1.165) is 75.4 Å². The van der Waals surface area contributed by atoms with E-state index in [-0.39, 0.29) is 56.1 Å². The van der Waals surface area contributed by atoms with Crippen LogP contribution in [0.25, 0.3) is 0 Å². The summed E-state index contributed by atoms with van der Waals surface area (Å²) in [5, 5.41) is -0.239. The molecule has 0 aliphatic rings. The van der Waals surface area contributed by atoms with E-state index in [1.165, 1.54) is 69.1 Å². The van der Waals surface area contributed by atoms with Crippen molar-refractivity contribution < 1.29 is 38.1 Å². The zero-order valence-electron chi connectivity index (χ0n) is 36.0. The minimum Gasteiger partial charge on any atom is -0.465 e. The van der Waals surface area contributed by atoms with Gasteiger partial charge in [0.1, 0.15) is 31.7 Å². The van der Waals surface area contributed by atoms with Crippen molar-refractivity contribution in [3.63, 3.8) is 0 Å². The lowest BCUT2D eigenvalue weighted by Crippen LogP contribution is -2.38. The maximum Gasteiger partial charge on any atom is 0.410 e. The molecule has 0 aromatic heterocycles. The SMILES string of the molecule is CCCCCCCCCC(=O)OCCN(CCOC(=O)C(CSCCCCCC)SCCCCCC)C(=O)OCCSSCCOC(=O)CCCN(CC)CC. The van der Waals surface area contributed by atoms with Crippen LogP contribution in [0.3, 0.4) is 0 Å². The predicted molar refractivity (Wildman–Crippen MR) is 242 cm³/mol. The Labute approximate surface area is 358 Å². The molecule has 0 aliphatic heterocycles. The van der Waals surface area contributed by atoms with Crippen LogP contribution in [0.15, 0.2) is 0 Å². The maximum absolute atomic E-state index is 13.2. The molecule has 0 saturated heterocycles. The molecule has 1 atom stereocenters. The highest BCUT2D eigenvalue weighted by molar-refractivity contribution is 8.76. The molecule has 0 bridgehead atoms. The van der Waals surface area contributed by atoms with Gasteiger partial charge in [-0.15, -0.1) is 11.8 Å². The summed E-state index contributed by atoms with van der Waals surface area (Å²) < 4.78 is 22.1. The third kappa shape index (κ3) is 35.0. The highest BCUT2D eigenvalue weighted by Crippen LogP contribution is 2.22. The lowest BCUT2D eigenvalue weighted by atomic mass is 10.1. The molecule has 0 rings (SSSR count). The van der Waals surface area contributed by atoms with Gasteiger partial charge in [0.25, 0.3) is 0 Å². The standard InChI is InChI=1S/C42H80N2O8S4/c1-6-11-14-17-18-19-20-24-39(45)49-29-27-44(42(48)52-32-36-56-55-35-31-50-40(46)25-23-26-43(9-4)10-5)28-30-51-41(47)38(54-34-22-16-13-8-3)37-53-33-21-15-12-7-2/h38H,6-37H2,1-5H3. The van der Waals surface area contributed by atoms with Crippen molar-refractivity contribution in [3.8, 4) is 0 Å². The van der Waals surface area contributed by atoms with Gasteiger partial charge in [-0.3, -0.25) is 14.4 Å². The number of nitrogens with zero attached hydrogens (tertiary/aromatic N) is 2. The van der Waals surface area contributed by atoms with Gasteiger partial charge in [-0.25, -0.2) is 4.79 Å². The van der Waals surface area contributed by atoms with E-state index in [1.54, 1.807) is 33.3 Å². The number of hydrogen-bond donors (Lipinski definition) is 0. The van der Waals surface area contributed by atoms with Crippen molar-refractivity contribution in [3.05, 3.63) is 0 Å². The smallest absolute Gasteiger partial charge is 0.410 e. The second kappa shape index (κ2) is 42.2. The fourth-order valence-corrected chi connectivity index (χ4v) is 9.70. The number of hydrogen-bond acceptors (Lipinski definition) is 13. The maximum atomic E-state index is 13.2. The summed E-state index contributed by atoms with van der Waals surface area (Å²) >= 11 is 3.50. The second-order valence-corrected chi connectivity index (χ2v) is 19.1. The van der Waals surface area contributed by atoms with Crippen LogP contribution in [0.2, 0.25) is 0 Å². The first-order valence-corrected chi connectivity index (χ1v) is 26.6. The Balaban J connectivity index is 4.86. The number of rotatable bonds is 41. The molecule has 14 heteroatoms. The zero-order valence-corrected chi connectivity index (χ0v) is 39.3. The topological polar surface area (TPSA) is 112 Å². The van der Waals surface area contributed by atoms with Gasteiger partial charge < -0.3 is 28.7 Å². The first-order chi connectivity index (χ1) is 27.3. The monoisotopic (exact) mass is 868 g/mol. The summed E-state index contributed by atoms with van der Waals surface area (Å²) in [4.78, 5) is 54.5. The molecule has 0 heterocycles. The quantitative estimate of drug-likeness (QED) is 0.0252. The van der Waals surface area contributed by atoms with Crippen molar-refractivity contribution in [1.29, 1.82) is 0 Å². The van der Waals surface area contributed by atoms with Crippen LogP contribution >= 0.6 is 45.1 Å². The second-order valence-electron chi connectivity index (χ2n) is 13.9. The van der Waals surface area contributed by atoms with Gasteiger partial charge in [-0.1, -0.05) is 133 Å². The summed E-state index contributed by atoms with van der Waals surface area (Å²) in [5.74, 6) is 3.24. The lowest BCUT2D eigenvalue weighted by Gasteiger charge is -2.22. The normalized spacial score (nSPS) is 11.8. The molecule has 1 amide bonds. The average Bonchev–Trinajstić information content (AvgIpc) is 3.19. The summed E-state index contributed by atoms with van der Waals surface area (Å²) in [6.07, 6.45) is 18.4. The van der Waals surface area contributed by atoms with Gasteiger partial charge >= 0.3 is 24.0 Å². The fourth-order valence-electron chi connectivity index (χ4n) is 5.59. The van der Waals surface area contributed by atoms with Gasteiger partial charge in [-0.05, 0) is 56.8 Å². The van der Waals surface area contributed by atoms with Crippen molar-refractivity contribution in [1.82, 2.24) is 9.80 Å². The summed E-state index contributed by atoms with van der Waals surface area (Å²) in [6, 6.07) is 0. The van der Waals surface area contributed by atoms with Crippen molar-refractivity contribution in [2.75, 3.05) is 87.9 Å². The summed E-state index contributed by atoms with van der Waals surface area (Å²) in [6.45, 7) is 14.7. The molecule has 56 heavy (non-hydrogen) atoms. The highest BCUT2D eigenvalue weighted by atomic mass is 33.1. The predicted octanol–water partition coefficient (Wildman–Crippen LogP) is 10.7. The largest absolute Gasteiger partial charge is 0.465 e. The Hall–Kier alpha value is -0.960. The van der Waals surface area contributed by atoms with Gasteiger partial charge in [-0.2, -0.15) is 11.8 Å². The van der Waals surface area contributed by atoms with Gasteiger partial charge in [0.05, 0.1) is 13.1 Å². The van der Waals surface area contributed by atoms with Crippen LogP contribution in [-0.2, 0) is 33.3 Å². The van der Waals surface area contributed by atoms with Gasteiger partial charge in [0.15, 0.2) is 0 Å². The molecular weight excluding hydrogens is 789 g/mol. The molecular formula is C42H80N2O8S4. The van der Waals surface area contributed by atoms with E-state index < -0.39 is 6.09 Å². The molecule has 10 nitrogen and oxygen atoms in total. The van der Waals surface area contributed by atoms with E-state index in [2.05, 4.69) is 39.5 Å². The number of esters is 3. The van der Waals surface area contributed by atoms with Crippen LogP contribution in [0.5, 0.6) is 0 Å². The number of amides is 1. The number of unbranched alkanes of at least 4 members (excludes halogenated alkanes) is 12. The number of carbonyl (C=O) groups is 4. The van der Waals surface area contributed by atoms with Crippen LogP contribution in [0, 0.1) is 0 Å². The Morgan fingerprint density at radius 2 is 1.00 bits per heavy atom.